The maximum absolute atomic E-state index is 14.2. The Kier molecular flexibility index (Phi) is 4.62. The number of H-pyrrole nitrogens is 1. The predicted molar refractivity (Wildman–Crippen MR) is 101 cm³/mol. The Bertz CT molecular complexity index is 1020. The van der Waals surface area contributed by atoms with Gasteiger partial charge in [-0.3, -0.25) is 4.79 Å². The number of nitrogens with one attached hydrogen (secondary N) is 2. The van der Waals surface area contributed by atoms with E-state index in [4.69, 9.17) is 23.8 Å². The molecule has 1 saturated heterocycles. The topological polar surface area (TPSA) is 48.1 Å². The highest BCUT2D eigenvalue weighted by Gasteiger charge is 2.41. The van der Waals surface area contributed by atoms with E-state index in [-0.39, 0.29) is 28.4 Å². The summed E-state index contributed by atoms with van der Waals surface area (Å²) in [6, 6.07) is 2.77. The lowest BCUT2D eigenvalue weighted by Crippen LogP contribution is -2.44. The molecule has 1 aromatic carbocycles. The standard InChI is InChI=1S/C18H14ClF4N3OS/c19-12-6-14(13(20)5-11(12)18(21,22)23)25-17(28)26-9-1-2-15(26)10-7-24-16(27)4-8(10)3-9/h4-7,9,15H,1-3H2,(H,24,27)(H,25,28)/t9-,15+/m0/s1. The van der Waals surface area contributed by atoms with Gasteiger partial charge in [-0.1, -0.05) is 11.6 Å². The van der Waals surface area contributed by atoms with Gasteiger partial charge in [-0.15, -0.1) is 0 Å². The fourth-order valence-electron chi connectivity index (χ4n) is 4.00. The molecule has 148 valence electrons. The first-order valence-corrected chi connectivity index (χ1v) is 9.31. The molecule has 0 aliphatic carbocycles. The number of thiocarbonyl (C=S) groups is 1. The van der Waals surface area contributed by atoms with Gasteiger partial charge in [0.25, 0.3) is 0 Å². The summed E-state index contributed by atoms with van der Waals surface area (Å²) >= 11 is 11.1. The van der Waals surface area contributed by atoms with Crippen LogP contribution in [-0.2, 0) is 12.6 Å². The van der Waals surface area contributed by atoms with Crippen LogP contribution in [0, 0.1) is 5.82 Å². The Labute approximate surface area is 167 Å². The normalized spacial score (nSPS) is 20.8. The summed E-state index contributed by atoms with van der Waals surface area (Å²) in [5.41, 5.74) is 0.282. The van der Waals surface area contributed by atoms with Gasteiger partial charge in [0.2, 0.25) is 5.56 Å². The number of aromatic nitrogens is 1. The minimum Gasteiger partial charge on any atom is -0.339 e. The Morgan fingerprint density at radius 3 is 2.75 bits per heavy atom. The molecule has 0 radical (unpaired) electrons. The first kappa shape index (κ1) is 19.2. The van der Waals surface area contributed by atoms with Gasteiger partial charge in [-0.2, -0.15) is 13.2 Å². The second-order valence-corrected chi connectivity index (χ2v) is 7.67. The largest absolute Gasteiger partial charge is 0.417 e. The molecular weight excluding hydrogens is 418 g/mol. The Hall–Kier alpha value is -2.13. The third-order valence-corrected chi connectivity index (χ3v) is 5.83. The summed E-state index contributed by atoms with van der Waals surface area (Å²) in [5, 5.41) is 2.30. The van der Waals surface area contributed by atoms with Crippen molar-refractivity contribution in [2.45, 2.75) is 37.5 Å². The van der Waals surface area contributed by atoms with Crippen LogP contribution < -0.4 is 10.9 Å². The molecule has 2 N–H and O–H groups in total. The van der Waals surface area contributed by atoms with Crippen LogP contribution in [0.15, 0.2) is 29.2 Å². The van der Waals surface area contributed by atoms with Gasteiger partial charge in [-0.25, -0.2) is 4.39 Å². The Morgan fingerprint density at radius 2 is 2.04 bits per heavy atom. The highest BCUT2D eigenvalue weighted by Crippen LogP contribution is 2.43. The Morgan fingerprint density at radius 1 is 1.29 bits per heavy atom. The smallest absolute Gasteiger partial charge is 0.339 e. The van der Waals surface area contributed by atoms with Crippen molar-refractivity contribution < 1.29 is 17.6 Å². The molecule has 10 heteroatoms. The van der Waals surface area contributed by atoms with E-state index in [0.29, 0.717) is 12.5 Å². The Balaban J connectivity index is 1.61. The number of alkyl halides is 3. The van der Waals surface area contributed by atoms with E-state index in [1.165, 1.54) is 0 Å². The van der Waals surface area contributed by atoms with E-state index in [2.05, 4.69) is 10.3 Å². The lowest BCUT2D eigenvalue weighted by atomic mass is 9.95. The molecule has 0 spiro atoms. The number of pyridine rings is 1. The molecular formula is C18H14ClF4N3OS. The second kappa shape index (κ2) is 6.73. The molecule has 4 nitrogen and oxygen atoms in total. The number of fused-ring (bicyclic) bond motifs is 4. The summed E-state index contributed by atoms with van der Waals surface area (Å²) in [7, 11) is 0. The van der Waals surface area contributed by atoms with Crippen LogP contribution in [0.1, 0.15) is 35.6 Å². The average molecular weight is 432 g/mol. The van der Waals surface area contributed by atoms with Crippen LogP contribution in [0.4, 0.5) is 23.2 Å². The fourth-order valence-corrected chi connectivity index (χ4v) is 4.66. The lowest BCUT2D eigenvalue weighted by molar-refractivity contribution is -0.137. The minimum atomic E-state index is -4.75. The maximum atomic E-state index is 14.2. The zero-order valence-electron chi connectivity index (χ0n) is 14.2. The second-order valence-electron chi connectivity index (χ2n) is 6.88. The van der Waals surface area contributed by atoms with Crippen molar-refractivity contribution in [1.82, 2.24) is 9.88 Å². The number of rotatable bonds is 1. The third kappa shape index (κ3) is 3.26. The number of hydrogen-bond donors (Lipinski definition) is 2. The molecule has 2 aromatic rings. The summed E-state index contributed by atoms with van der Waals surface area (Å²) in [5.74, 6) is -1.09. The quantitative estimate of drug-likeness (QED) is 0.510. The zero-order valence-corrected chi connectivity index (χ0v) is 15.8. The molecule has 3 heterocycles. The van der Waals surface area contributed by atoms with Gasteiger partial charge < -0.3 is 15.2 Å². The van der Waals surface area contributed by atoms with E-state index in [0.717, 1.165) is 30.0 Å². The van der Waals surface area contributed by atoms with Crippen LogP contribution in [0.3, 0.4) is 0 Å². The number of halogens is 5. The zero-order chi connectivity index (χ0) is 20.2. The molecule has 28 heavy (non-hydrogen) atoms. The van der Waals surface area contributed by atoms with E-state index in [9.17, 15) is 22.4 Å². The van der Waals surface area contributed by atoms with Crippen LogP contribution in [0.5, 0.6) is 0 Å². The minimum absolute atomic E-state index is 0.0345. The molecule has 2 bridgehead atoms. The molecule has 0 saturated carbocycles. The summed E-state index contributed by atoms with van der Waals surface area (Å²) in [4.78, 5) is 16.1. The molecule has 1 fully saturated rings. The molecule has 0 amide bonds. The number of hydrogen-bond acceptors (Lipinski definition) is 2. The van der Waals surface area contributed by atoms with E-state index >= 15 is 0 Å². The van der Waals surface area contributed by atoms with Gasteiger partial charge >= 0.3 is 6.18 Å². The van der Waals surface area contributed by atoms with E-state index < -0.39 is 22.6 Å². The van der Waals surface area contributed by atoms with Gasteiger partial charge in [-0.05, 0) is 54.7 Å². The first-order chi connectivity index (χ1) is 13.1. The first-order valence-electron chi connectivity index (χ1n) is 8.52. The molecule has 4 rings (SSSR count). The van der Waals surface area contributed by atoms with E-state index in [1.807, 2.05) is 4.90 Å². The molecule has 2 aliphatic heterocycles. The van der Waals surface area contributed by atoms with Crippen LogP contribution in [0.25, 0.3) is 0 Å². The number of nitrogens with zero attached hydrogens (tertiary/aromatic N) is 1. The van der Waals surface area contributed by atoms with Gasteiger partial charge in [0.1, 0.15) is 5.82 Å². The number of aromatic amines is 1. The van der Waals surface area contributed by atoms with Crippen molar-refractivity contribution in [3.63, 3.8) is 0 Å². The summed E-state index contributed by atoms with van der Waals surface area (Å²) < 4.78 is 52.8. The van der Waals surface area contributed by atoms with Gasteiger partial charge in [0.05, 0.1) is 22.3 Å². The van der Waals surface area contributed by atoms with Crippen molar-refractivity contribution >= 4 is 34.6 Å². The van der Waals surface area contributed by atoms with Gasteiger partial charge in [0.15, 0.2) is 5.11 Å². The SMILES string of the molecule is O=c1cc2c(c[nH]1)[C@H]1CC[C@@H](C2)N1C(=S)Nc1cc(Cl)c(C(F)(F)F)cc1F. The van der Waals surface area contributed by atoms with Crippen molar-refractivity contribution in [1.29, 1.82) is 0 Å². The number of anilines is 1. The predicted octanol–water partition coefficient (Wildman–Crippen LogP) is 4.64. The molecule has 0 unspecified atom stereocenters. The van der Waals surface area contributed by atoms with Crippen LogP contribution in [0.2, 0.25) is 5.02 Å². The highest BCUT2D eigenvalue weighted by atomic mass is 35.5. The summed E-state index contributed by atoms with van der Waals surface area (Å²) in [6.07, 6.45) is -0.820. The fraction of sp³-hybridized carbons (Fsp3) is 0.333. The van der Waals surface area contributed by atoms with Crippen molar-refractivity contribution in [3.8, 4) is 0 Å². The summed E-state index contributed by atoms with van der Waals surface area (Å²) in [6.45, 7) is 0. The van der Waals surface area contributed by atoms with Crippen molar-refractivity contribution in [2.75, 3.05) is 5.32 Å². The lowest BCUT2D eigenvalue weighted by Gasteiger charge is -2.38. The van der Waals surface area contributed by atoms with Crippen molar-refractivity contribution in [2.24, 2.45) is 0 Å². The molecule has 2 atom stereocenters. The number of benzene rings is 1. The molecule has 2 aliphatic rings. The molecule has 1 aromatic heterocycles. The van der Waals surface area contributed by atoms with Crippen molar-refractivity contribution in [3.05, 3.63) is 62.3 Å². The average Bonchev–Trinajstić information content (AvgIpc) is 2.92. The van der Waals surface area contributed by atoms with Gasteiger partial charge in [0, 0.05) is 18.3 Å². The highest BCUT2D eigenvalue weighted by molar-refractivity contribution is 7.80. The third-order valence-electron chi connectivity index (χ3n) is 5.20. The monoisotopic (exact) mass is 431 g/mol. The van der Waals surface area contributed by atoms with E-state index in [1.54, 1.807) is 12.3 Å². The van der Waals surface area contributed by atoms with Crippen LogP contribution >= 0.6 is 23.8 Å². The van der Waals surface area contributed by atoms with Crippen LogP contribution in [-0.4, -0.2) is 21.0 Å². The maximum Gasteiger partial charge on any atom is 0.417 e.